The van der Waals surface area contributed by atoms with Gasteiger partial charge < -0.3 is 10.2 Å². The highest BCUT2D eigenvalue weighted by Crippen LogP contribution is 2.23. The number of rotatable bonds is 4. The van der Waals surface area contributed by atoms with Crippen molar-refractivity contribution in [3.63, 3.8) is 0 Å². The van der Waals surface area contributed by atoms with Gasteiger partial charge in [-0.3, -0.25) is 0 Å². The van der Waals surface area contributed by atoms with Crippen molar-refractivity contribution in [1.82, 2.24) is 15.0 Å². The van der Waals surface area contributed by atoms with Crippen LogP contribution in [0.3, 0.4) is 0 Å². The van der Waals surface area contributed by atoms with E-state index >= 15 is 0 Å². The molecule has 0 spiro atoms. The van der Waals surface area contributed by atoms with Crippen molar-refractivity contribution in [3.05, 3.63) is 5.28 Å². The lowest BCUT2D eigenvalue weighted by Gasteiger charge is -2.21. The predicted octanol–water partition coefficient (Wildman–Crippen LogP) is 2.15. The van der Waals surface area contributed by atoms with Gasteiger partial charge in [0.25, 0.3) is 0 Å². The molecule has 1 aromatic rings. The zero-order valence-corrected chi connectivity index (χ0v) is 12.3. The van der Waals surface area contributed by atoms with Crippen molar-refractivity contribution in [2.75, 3.05) is 42.4 Å². The van der Waals surface area contributed by atoms with Crippen LogP contribution in [0.15, 0.2) is 0 Å². The van der Waals surface area contributed by atoms with Crippen molar-refractivity contribution in [1.29, 1.82) is 0 Å². The minimum Gasteiger partial charge on any atom is -0.354 e. The Kier molecular flexibility index (Phi) is 4.88. The average molecular weight is 288 g/mol. The third-order valence-electron chi connectivity index (χ3n) is 2.89. The zero-order chi connectivity index (χ0) is 13.0. The van der Waals surface area contributed by atoms with Crippen LogP contribution in [0.2, 0.25) is 5.28 Å². The Morgan fingerprint density at radius 3 is 2.67 bits per heavy atom. The van der Waals surface area contributed by atoms with Crippen molar-refractivity contribution >= 4 is 35.3 Å². The van der Waals surface area contributed by atoms with E-state index in [4.69, 9.17) is 11.6 Å². The van der Waals surface area contributed by atoms with Gasteiger partial charge in [-0.1, -0.05) is 0 Å². The molecule has 18 heavy (non-hydrogen) atoms. The van der Waals surface area contributed by atoms with Gasteiger partial charge in [0.15, 0.2) is 0 Å². The lowest BCUT2D eigenvalue weighted by molar-refractivity contribution is 0.514. The van der Waals surface area contributed by atoms with Crippen LogP contribution >= 0.6 is 23.4 Å². The molecule has 0 atom stereocenters. The molecule has 7 heteroatoms. The molecule has 1 saturated heterocycles. The second-order valence-corrected chi connectivity index (χ2v) is 6.12. The summed E-state index contributed by atoms with van der Waals surface area (Å²) in [5.41, 5.74) is 0. The number of nitrogens with zero attached hydrogens (tertiary/aromatic N) is 4. The van der Waals surface area contributed by atoms with Crippen molar-refractivity contribution < 1.29 is 0 Å². The standard InChI is InChI=1S/C11H18ClN5S/c1-17(2)11-15-9(12)14-10(16-11)13-7-8-3-5-18-6-4-8/h8H,3-7H2,1-2H3,(H,13,14,15,16). The minimum atomic E-state index is 0.232. The Labute approximate surface area is 117 Å². The maximum atomic E-state index is 5.88. The van der Waals surface area contributed by atoms with E-state index in [2.05, 4.69) is 20.3 Å². The number of anilines is 2. The first-order valence-corrected chi connectivity index (χ1v) is 7.59. The van der Waals surface area contributed by atoms with Crippen LogP contribution in [-0.2, 0) is 0 Å². The Balaban J connectivity index is 1.95. The zero-order valence-electron chi connectivity index (χ0n) is 10.7. The third kappa shape index (κ3) is 3.88. The van der Waals surface area contributed by atoms with Crippen molar-refractivity contribution in [3.8, 4) is 0 Å². The summed E-state index contributed by atoms with van der Waals surface area (Å²) in [6, 6.07) is 0. The van der Waals surface area contributed by atoms with Crippen LogP contribution < -0.4 is 10.2 Å². The second kappa shape index (κ2) is 6.43. The molecule has 0 aliphatic carbocycles. The maximum Gasteiger partial charge on any atom is 0.230 e. The molecule has 0 amide bonds. The first-order chi connectivity index (χ1) is 8.65. The molecule has 0 aromatic carbocycles. The maximum absolute atomic E-state index is 5.88. The van der Waals surface area contributed by atoms with E-state index in [0.29, 0.717) is 17.8 Å². The number of halogens is 1. The first-order valence-electron chi connectivity index (χ1n) is 6.05. The Morgan fingerprint density at radius 1 is 1.28 bits per heavy atom. The van der Waals surface area contributed by atoms with Crippen LogP contribution in [-0.4, -0.2) is 47.1 Å². The molecule has 0 unspecified atom stereocenters. The number of hydrogen-bond acceptors (Lipinski definition) is 6. The van der Waals surface area contributed by atoms with Crippen molar-refractivity contribution in [2.24, 2.45) is 5.92 Å². The lowest BCUT2D eigenvalue weighted by Crippen LogP contribution is -2.21. The van der Waals surface area contributed by atoms with E-state index in [1.54, 1.807) is 0 Å². The molecule has 1 fully saturated rings. The Morgan fingerprint density at radius 2 is 2.00 bits per heavy atom. The largest absolute Gasteiger partial charge is 0.354 e. The number of thioether (sulfide) groups is 1. The normalized spacial score (nSPS) is 16.6. The van der Waals surface area contributed by atoms with E-state index in [1.165, 1.54) is 24.3 Å². The summed E-state index contributed by atoms with van der Waals surface area (Å²) in [7, 11) is 3.77. The fraction of sp³-hybridized carbons (Fsp3) is 0.727. The monoisotopic (exact) mass is 287 g/mol. The molecule has 100 valence electrons. The molecule has 0 radical (unpaired) electrons. The molecule has 1 N–H and O–H groups in total. The summed E-state index contributed by atoms with van der Waals surface area (Å²) in [4.78, 5) is 14.3. The topological polar surface area (TPSA) is 53.9 Å². The van der Waals surface area contributed by atoms with E-state index in [-0.39, 0.29) is 5.28 Å². The van der Waals surface area contributed by atoms with Crippen molar-refractivity contribution in [2.45, 2.75) is 12.8 Å². The molecular formula is C11H18ClN5S. The SMILES string of the molecule is CN(C)c1nc(Cl)nc(NCC2CCSCC2)n1. The van der Waals surface area contributed by atoms with Gasteiger partial charge >= 0.3 is 0 Å². The van der Waals surface area contributed by atoms with E-state index < -0.39 is 0 Å². The van der Waals surface area contributed by atoms with E-state index in [9.17, 15) is 0 Å². The molecule has 5 nitrogen and oxygen atoms in total. The quantitative estimate of drug-likeness (QED) is 0.916. The van der Waals surface area contributed by atoms with Crippen LogP contribution in [0.25, 0.3) is 0 Å². The lowest BCUT2D eigenvalue weighted by atomic mass is 10.0. The highest BCUT2D eigenvalue weighted by molar-refractivity contribution is 7.99. The van der Waals surface area contributed by atoms with Gasteiger partial charge in [0.2, 0.25) is 17.2 Å². The second-order valence-electron chi connectivity index (χ2n) is 4.56. The molecular weight excluding hydrogens is 270 g/mol. The van der Waals surface area contributed by atoms with Gasteiger partial charge in [0.05, 0.1) is 0 Å². The molecule has 2 rings (SSSR count). The van der Waals surface area contributed by atoms with Gasteiger partial charge in [0.1, 0.15) is 0 Å². The highest BCUT2D eigenvalue weighted by Gasteiger charge is 2.14. The summed E-state index contributed by atoms with van der Waals surface area (Å²) in [5.74, 6) is 4.37. The fourth-order valence-electron chi connectivity index (χ4n) is 1.80. The fourth-order valence-corrected chi connectivity index (χ4v) is 3.16. The minimum absolute atomic E-state index is 0.232. The number of hydrogen-bond donors (Lipinski definition) is 1. The molecule has 1 aliphatic heterocycles. The highest BCUT2D eigenvalue weighted by atomic mass is 35.5. The van der Waals surface area contributed by atoms with Gasteiger partial charge in [-0.2, -0.15) is 26.7 Å². The molecule has 0 saturated carbocycles. The summed E-state index contributed by atoms with van der Waals surface area (Å²) in [6.07, 6.45) is 2.52. The Bertz CT molecular complexity index is 395. The number of nitrogens with one attached hydrogen (secondary N) is 1. The molecule has 0 bridgehead atoms. The van der Waals surface area contributed by atoms with Gasteiger partial charge in [-0.15, -0.1) is 0 Å². The molecule has 2 heterocycles. The van der Waals surface area contributed by atoms with E-state index in [1.807, 2.05) is 30.8 Å². The first kappa shape index (κ1) is 13.7. The molecule has 1 aliphatic rings. The predicted molar refractivity (Wildman–Crippen MR) is 77.7 cm³/mol. The third-order valence-corrected chi connectivity index (χ3v) is 4.10. The van der Waals surface area contributed by atoms with Gasteiger partial charge in [-0.25, -0.2) is 0 Å². The average Bonchev–Trinajstić information content (AvgIpc) is 2.37. The smallest absolute Gasteiger partial charge is 0.230 e. The van der Waals surface area contributed by atoms with Gasteiger partial charge in [-0.05, 0) is 41.9 Å². The Hall–Kier alpha value is -0.750. The van der Waals surface area contributed by atoms with Gasteiger partial charge in [0, 0.05) is 20.6 Å². The summed E-state index contributed by atoms with van der Waals surface area (Å²) < 4.78 is 0. The summed E-state index contributed by atoms with van der Waals surface area (Å²) in [6.45, 7) is 0.910. The van der Waals surface area contributed by atoms with Crippen LogP contribution in [0, 0.1) is 5.92 Å². The summed E-state index contributed by atoms with van der Waals surface area (Å²) >= 11 is 7.92. The molecule has 1 aromatic heterocycles. The van der Waals surface area contributed by atoms with Crippen LogP contribution in [0.1, 0.15) is 12.8 Å². The van der Waals surface area contributed by atoms with Crippen LogP contribution in [0.5, 0.6) is 0 Å². The summed E-state index contributed by atoms with van der Waals surface area (Å²) in [5, 5.41) is 3.50. The number of aromatic nitrogens is 3. The van der Waals surface area contributed by atoms with E-state index in [0.717, 1.165) is 6.54 Å². The van der Waals surface area contributed by atoms with Crippen LogP contribution in [0.4, 0.5) is 11.9 Å².